The predicted octanol–water partition coefficient (Wildman–Crippen LogP) is 1.29. The Morgan fingerprint density at radius 2 is 2.09 bits per heavy atom. The van der Waals surface area contributed by atoms with Crippen molar-refractivity contribution in [3.8, 4) is 0 Å². The minimum atomic E-state index is 0.0569. The summed E-state index contributed by atoms with van der Waals surface area (Å²) in [7, 11) is 0. The summed E-state index contributed by atoms with van der Waals surface area (Å²) in [5.41, 5.74) is 0.553. The molecule has 23 heavy (non-hydrogen) atoms. The minimum Gasteiger partial charge on any atom is -0.329 e. The quantitative estimate of drug-likeness (QED) is 0.856. The molecule has 2 unspecified atom stereocenters. The van der Waals surface area contributed by atoms with Crippen LogP contribution in [0.4, 0.5) is 0 Å². The molecule has 0 aliphatic carbocycles. The fourth-order valence-corrected chi connectivity index (χ4v) is 3.87. The van der Waals surface area contributed by atoms with Gasteiger partial charge >= 0.3 is 0 Å². The van der Waals surface area contributed by atoms with Gasteiger partial charge in [0.2, 0.25) is 0 Å². The number of carbonyl (C=O) groups excluding carboxylic acids is 1. The molecule has 1 fully saturated rings. The van der Waals surface area contributed by atoms with Crippen molar-refractivity contribution in [3.63, 3.8) is 0 Å². The van der Waals surface area contributed by atoms with Crippen LogP contribution in [0, 0.1) is 0 Å². The average molecular weight is 314 g/mol. The second-order valence-corrected chi connectivity index (χ2v) is 6.35. The van der Waals surface area contributed by atoms with E-state index >= 15 is 0 Å². The Morgan fingerprint density at radius 3 is 2.83 bits per heavy atom. The number of carbonyl (C=O) groups is 1. The van der Waals surface area contributed by atoms with E-state index < -0.39 is 0 Å². The Morgan fingerprint density at radius 1 is 1.26 bits per heavy atom. The maximum atomic E-state index is 13.0. The van der Waals surface area contributed by atoms with Crippen molar-refractivity contribution in [1.29, 1.82) is 0 Å². The van der Waals surface area contributed by atoms with E-state index in [0.29, 0.717) is 5.69 Å². The van der Waals surface area contributed by atoms with Crippen LogP contribution in [0.5, 0.6) is 0 Å². The summed E-state index contributed by atoms with van der Waals surface area (Å²) >= 11 is 0. The lowest BCUT2D eigenvalue weighted by molar-refractivity contribution is 0.0658. The van der Waals surface area contributed by atoms with Crippen LogP contribution < -0.4 is 0 Å². The normalized spacial score (nSPS) is 23.0. The Balaban J connectivity index is 1.64. The van der Waals surface area contributed by atoms with E-state index in [4.69, 9.17) is 0 Å². The highest BCUT2D eigenvalue weighted by atomic mass is 16.2. The van der Waals surface area contributed by atoms with Crippen LogP contribution >= 0.6 is 0 Å². The van der Waals surface area contributed by atoms with Gasteiger partial charge in [0, 0.05) is 38.2 Å². The van der Waals surface area contributed by atoms with E-state index in [2.05, 4.69) is 31.7 Å². The van der Waals surface area contributed by atoms with Gasteiger partial charge in [0.25, 0.3) is 5.91 Å². The predicted molar refractivity (Wildman–Crippen MR) is 84.0 cm³/mol. The lowest BCUT2D eigenvalue weighted by Crippen LogP contribution is -2.42. The summed E-state index contributed by atoms with van der Waals surface area (Å²) in [4.78, 5) is 15.0. The number of amides is 1. The van der Waals surface area contributed by atoms with Crippen LogP contribution in [0.3, 0.4) is 0 Å². The van der Waals surface area contributed by atoms with E-state index in [1.54, 1.807) is 4.68 Å². The van der Waals surface area contributed by atoms with Crippen molar-refractivity contribution < 1.29 is 4.79 Å². The molecule has 1 amide bonds. The third kappa shape index (κ3) is 2.26. The van der Waals surface area contributed by atoms with Gasteiger partial charge in [0.15, 0.2) is 0 Å². The zero-order chi connectivity index (χ0) is 16.0. The number of rotatable bonds is 3. The standard InChI is InChI=1S/C16H22N6O/c1-3-14-17-18-15-9-11-5-6-12(10-21(14)15)22(11)16(23)13-7-8-20(4-2)19-13/h7-8,11-12H,3-6,9-10H2,1-2H3. The second kappa shape index (κ2) is 5.47. The van der Waals surface area contributed by atoms with Crippen LogP contribution in [0.1, 0.15) is 48.8 Å². The van der Waals surface area contributed by atoms with Gasteiger partial charge in [-0.1, -0.05) is 6.92 Å². The number of aryl methyl sites for hydroxylation is 2. The van der Waals surface area contributed by atoms with Crippen LogP contribution in [0.2, 0.25) is 0 Å². The van der Waals surface area contributed by atoms with Gasteiger partial charge in [-0.25, -0.2) is 0 Å². The molecule has 0 N–H and O–H groups in total. The first-order chi connectivity index (χ1) is 11.2. The molecule has 2 aromatic heterocycles. The topological polar surface area (TPSA) is 68.8 Å². The number of hydrogen-bond donors (Lipinski definition) is 0. The van der Waals surface area contributed by atoms with Gasteiger partial charge in [-0.15, -0.1) is 10.2 Å². The molecule has 4 heterocycles. The van der Waals surface area contributed by atoms with Crippen molar-refractivity contribution in [1.82, 2.24) is 29.4 Å². The largest absolute Gasteiger partial charge is 0.329 e. The lowest BCUT2D eigenvalue weighted by atomic mass is 10.1. The van der Waals surface area contributed by atoms with Crippen molar-refractivity contribution in [3.05, 3.63) is 29.6 Å². The summed E-state index contributed by atoms with van der Waals surface area (Å²) in [6.07, 6.45) is 5.63. The van der Waals surface area contributed by atoms with Gasteiger partial charge in [0.1, 0.15) is 17.3 Å². The fraction of sp³-hybridized carbons (Fsp3) is 0.625. The lowest BCUT2D eigenvalue weighted by Gasteiger charge is -2.27. The van der Waals surface area contributed by atoms with Crippen LogP contribution in [0.15, 0.2) is 12.3 Å². The first-order valence-corrected chi connectivity index (χ1v) is 8.48. The highest BCUT2D eigenvalue weighted by Crippen LogP contribution is 2.32. The van der Waals surface area contributed by atoms with Gasteiger partial charge in [0.05, 0.1) is 6.04 Å². The molecule has 7 heteroatoms. The van der Waals surface area contributed by atoms with Crippen molar-refractivity contribution in [2.24, 2.45) is 0 Å². The molecular weight excluding hydrogens is 292 g/mol. The SMILES string of the molecule is CCc1nnc2n1CC1CCC(C2)N1C(=O)c1ccn(CC)n1. The number of aromatic nitrogens is 5. The van der Waals surface area contributed by atoms with E-state index in [1.807, 2.05) is 19.2 Å². The van der Waals surface area contributed by atoms with E-state index in [9.17, 15) is 4.79 Å². The summed E-state index contributed by atoms with van der Waals surface area (Å²) in [6.45, 7) is 5.71. The molecule has 7 nitrogen and oxygen atoms in total. The third-order valence-corrected chi connectivity index (χ3v) is 5.07. The zero-order valence-corrected chi connectivity index (χ0v) is 13.6. The van der Waals surface area contributed by atoms with E-state index in [0.717, 1.165) is 50.4 Å². The Bertz CT molecular complexity index is 733. The molecule has 2 atom stereocenters. The molecule has 2 aromatic rings. The van der Waals surface area contributed by atoms with Crippen molar-refractivity contribution in [2.45, 2.75) is 64.7 Å². The summed E-state index contributed by atoms with van der Waals surface area (Å²) in [5, 5.41) is 13.0. The molecule has 0 aromatic carbocycles. The molecule has 0 saturated carbocycles. The molecule has 0 radical (unpaired) electrons. The maximum absolute atomic E-state index is 13.0. The highest BCUT2D eigenvalue weighted by molar-refractivity contribution is 5.93. The fourth-order valence-electron chi connectivity index (χ4n) is 3.87. The first kappa shape index (κ1) is 14.4. The average Bonchev–Trinajstić information content (AvgIpc) is 3.24. The van der Waals surface area contributed by atoms with Crippen LogP contribution in [0.25, 0.3) is 0 Å². The van der Waals surface area contributed by atoms with Gasteiger partial charge in [-0.2, -0.15) is 5.10 Å². The minimum absolute atomic E-state index is 0.0569. The van der Waals surface area contributed by atoms with Gasteiger partial charge in [-0.3, -0.25) is 9.48 Å². The Hall–Kier alpha value is -2.18. The molecule has 122 valence electrons. The zero-order valence-electron chi connectivity index (χ0n) is 13.6. The summed E-state index contributed by atoms with van der Waals surface area (Å²) in [6, 6.07) is 2.27. The Labute approximate surface area is 135 Å². The van der Waals surface area contributed by atoms with Crippen LogP contribution in [-0.4, -0.2) is 47.4 Å². The molecule has 1 saturated heterocycles. The van der Waals surface area contributed by atoms with Crippen LogP contribution in [-0.2, 0) is 25.9 Å². The summed E-state index contributed by atoms with van der Waals surface area (Å²) < 4.78 is 4.02. The number of hydrogen-bond acceptors (Lipinski definition) is 4. The maximum Gasteiger partial charge on any atom is 0.274 e. The van der Waals surface area contributed by atoms with Gasteiger partial charge < -0.3 is 9.47 Å². The third-order valence-electron chi connectivity index (χ3n) is 5.07. The number of fused-ring (bicyclic) bond motifs is 3. The molecule has 0 spiro atoms. The second-order valence-electron chi connectivity index (χ2n) is 6.35. The van der Waals surface area contributed by atoms with Crippen molar-refractivity contribution >= 4 is 5.91 Å². The first-order valence-electron chi connectivity index (χ1n) is 8.48. The summed E-state index contributed by atoms with van der Waals surface area (Å²) in [5.74, 6) is 2.10. The Kier molecular flexibility index (Phi) is 3.43. The van der Waals surface area contributed by atoms with E-state index in [1.165, 1.54) is 0 Å². The highest BCUT2D eigenvalue weighted by Gasteiger charge is 2.41. The smallest absolute Gasteiger partial charge is 0.274 e. The molecule has 4 rings (SSSR count). The monoisotopic (exact) mass is 314 g/mol. The molecule has 2 aliphatic rings. The van der Waals surface area contributed by atoms with Crippen molar-refractivity contribution in [2.75, 3.05) is 0 Å². The van der Waals surface area contributed by atoms with Gasteiger partial charge in [-0.05, 0) is 25.8 Å². The molecule has 2 bridgehead atoms. The van der Waals surface area contributed by atoms with E-state index in [-0.39, 0.29) is 18.0 Å². The molecular formula is C16H22N6O. The number of nitrogens with zero attached hydrogens (tertiary/aromatic N) is 6. The molecule has 2 aliphatic heterocycles.